The van der Waals surface area contributed by atoms with Crippen molar-refractivity contribution >= 4 is 12.0 Å². The van der Waals surface area contributed by atoms with E-state index in [2.05, 4.69) is 0 Å². The molecular formula is C20H30N2O5. The lowest BCUT2D eigenvalue weighted by Crippen LogP contribution is -2.51. The van der Waals surface area contributed by atoms with E-state index in [1.54, 1.807) is 18.1 Å². The number of piperidine rings is 2. The zero-order chi connectivity index (χ0) is 19.2. The van der Waals surface area contributed by atoms with Crippen LogP contribution >= 0.6 is 0 Å². The molecule has 7 nitrogen and oxygen atoms in total. The summed E-state index contributed by atoms with van der Waals surface area (Å²) in [5.41, 5.74) is 0. The largest absolute Gasteiger partial charge is 0.456 e. The van der Waals surface area contributed by atoms with E-state index < -0.39 is 0 Å². The molecule has 0 aromatic carbocycles. The number of methoxy groups -OCH3 is 1. The van der Waals surface area contributed by atoms with Crippen LogP contribution in [0.3, 0.4) is 0 Å². The highest BCUT2D eigenvalue weighted by atomic mass is 16.6. The molecule has 2 amide bonds. The van der Waals surface area contributed by atoms with Crippen LogP contribution in [0.15, 0.2) is 16.5 Å². The number of carbonyl (C=O) groups excluding carboxylic acids is 2. The van der Waals surface area contributed by atoms with Gasteiger partial charge in [0.15, 0.2) is 5.76 Å². The Morgan fingerprint density at radius 3 is 2.56 bits per heavy atom. The molecule has 0 spiro atoms. The summed E-state index contributed by atoms with van der Waals surface area (Å²) in [4.78, 5) is 28.8. The van der Waals surface area contributed by atoms with Crippen LogP contribution < -0.4 is 0 Å². The number of carbonyl (C=O) groups is 2. The molecule has 0 radical (unpaired) electrons. The van der Waals surface area contributed by atoms with Gasteiger partial charge in [0.1, 0.15) is 12.4 Å². The number of likely N-dealkylation sites (tertiary alicyclic amines) is 2. The summed E-state index contributed by atoms with van der Waals surface area (Å²) in [5, 5.41) is 0. The molecule has 1 atom stereocenters. The van der Waals surface area contributed by atoms with Gasteiger partial charge in [-0.15, -0.1) is 0 Å². The van der Waals surface area contributed by atoms with Crippen molar-refractivity contribution in [2.24, 2.45) is 5.92 Å². The normalized spacial score (nSPS) is 21.3. The SMILES string of the molecule is COCCOC(=O)N1CCC(C2CCCCN2C(=O)c2ccc(C)o2)CC1. The van der Waals surface area contributed by atoms with Crippen molar-refractivity contribution in [1.82, 2.24) is 9.80 Å². The van der Waals surface area contributed by atoms with Crippen LogP contribution in [0.4, 0.5) is 4.79 Å². The molecule has 2 aliphatic rings. The molecule has 150 valence electrons. The minimum absolute atomic E-state index is 0.00537. The van der Waals surface area contributed by atoms with Crippen LogP contribution in [0.5, 0.6) is 0 Å². The van der Waals surface area contributed by atoms with E-state index >= 15 is 0 Å². The number of nitrogens with zero attached hydrogens (tertiary/aromatic N) is 2. The Balaban J connectivity index is 1.57. The Hall–Kier alpha value is -2.02. The smallest absolute Gasteiger partial charge is 0.409 e. The zero-order valence-electron chi connectivity index (χ0n) is 16.3. The maximum atomic E-state index is 12.9. The van der Waals surface area contributed by atoms with Crippen LogP contribution in [0.25, 0.3) is 0 Å². The van der Waals surface area contributed by atoms with Gasteiger partial charge < -0.3 is 23.7 Å². The van der Waals surface area contributed by atoms with Gasteiger partial charge >= 0.3 is 6.09 Å². The molecule has 1 aromatic rings. The van der Waals surface area contributed by atoms with Gasteiger partial charge in [-0.3, -0.25) is 4.79 Å². The van der Waals surface area contributed by atoms with Crippen molar-refractivity contribution in [2.75, 3.05) is 40.0 Å². The molecule has 2 aliphatic heterocycles. The first-order valence-corrected chi connectivity index (χ1v) is 9.88. The summed E-state index contributed by atoms with van der Waals surface area (Å²) in [6.45, 7) is 4.68. The summed E-state index contributed by atoms with van der Waals surface area (Å²) in [6.07, 6.45) is 4.72. The van der Waals surface area contributed by atoms with Gasteiger partial charge in [-0.25, -0.2) is 4.79 Å². The third-order valence-corrected chi connectivity index (χ3v) is 5.62. The predicted octanol–water partition coefficient (Wildman–Crippen LogP) is 3.08. The maximum absolute atomic E-state index is 12.9. The Morgan fingerprint density at radius 2 is 1.89 bits per heavy atom. The predicted molar refractivity (Wildman–Crippen MR) is 99.6 cm³/mol. The number of aryl methyl sites for hydroxylation is 1. The molecule has 2 saturated heterocycles. The molecule has 1 unspecified atom stereocenters. The third kappa shape index (κ3) is 4.83. The van der Waals surface area contributed by atoms with E-state index in [4.69, 9.17) is 13.9 Å². The first-order chi connectivity index (χ1) is 13.1. The highest BCUT2D eigenvalue weighted by Gasteiger charge is 2.36. The van der Waals surface area contributed by atoms with Crippen molar-refractivity contribution in [2.45, 2.75) is 45.1 Å². The van der Waals surface area contributed by atoms with Gasteiger partial charge in [0.2, 0.25) is 0 Å². The second-order valence-corrected chi connectivity index (χ2v) is 7.40. The quantitative estimate of drug-likeness (QED) is 0.736. The highest BCUT2D eigenvalue weighted by molar-refractivity contribution is 5.91. The molecule has 0 bridgehead atoms. The minimum Gasteiger partial charge on any atom is -0.456 e. The zero-order valence-corrected chi connectivity index (χ0v) is 16.3. The van der Waals surface area contributed by atoms with Crippen LogP contribution in [-0.2, 0) is 9.47 Å². The average molecular weight is 378 g/mol. The molecule has 3 rings (SSSR count). The maximum Gasteiger partial charge on any atom is 0.409 e. The van der Waals surface area contributed by atoms with Crippen molar-refractivity contribution in [1.29, 1.82) is 0 Å². The standard InChI is InChI=1S/C20H30N2O5/c1-15-6-7-18(27-15)19(23)22-10-4-3-5-17(22)16-8-11-21(12-9-16)20(24)26-14-13-25-2/h6-7,16-17H,3-5,8-14H2,1-2H3. The number of ether oxygens (including phenoxy) is 2. The van der Waals surface area contributed by atoms with Crippen LogP contribution in [0.1, 0.15) is 48.4 Å². The third-order valence-electron chi connectivity index (χ3n) is 5.62. The van der Waals surface area contributed by atoms with Gasteiger partial charge in [-0.2, -0.15) is 0 Å². The van der Waals surface area contributed by atoms with Gasteiger partial charge in [0, 0.05) is 32.8 Å². The fourth-order valence-electron chi connectivity index (χ4n) is 4.16. The van der Waals surface area contributed by atoms with Crippen LogP contribution in [0.2, 0.25) is 0 Å². The molecule has 0 N–H and O–H groups in total. The summed E-state index contributed by atoms with van der Waals surface area (Å²) < 4.78 is 15.7. The van der Waals surface area contributed by atoms with Gasteiger partial charge in [0.25, 0.3) is 5.91 Å². The molecule has 0 aliphatic carbocycles. The Labute approximate surface area is 160 Å². The minimum atomic E-state index is -0.270. The number of furan rings is 1. The lowest BCUT2D eigenvalue weighted by molar-refractivity contribution is 0.0318. The Kier molecular flexibility index (Phi) is 6.77. The first kappa shape index (κ1) is 19.7. The van der Waals surface area contributed by atoms with Crippen molar-refractivity contribution in [3.05, 3.63) is 23.7 Å². The van der Waals surface area contributed by atoms with E-state index in [1.165, 1.54) is 0 Å². The van der Waals surface area contributed by atoms with E-state index in [0.717, 1.165) is 44.4 Å². The summed E-state index contributed by atoms with van der Waals surface area (Å²) in [5.74, 6) is 1.59. The molecular weight excluding hydrogens is 348 g/mol. The van der Waals surface area contributed by atoms with E-state index in [9.17, 15) is 9.59 Å². The van der Waals surface area contributed by atoms with Crippen molar-refractivity contribution < 1.29 is 23.5 Å². The van der Waals surface area contributed by atoms with Gasteiger partial charge in [0.05, 0.1) is 6.61 Å². The summed E-state index contributed by atoms with van der Waals surface area (Å²) in [7, 11) is 1.58. The fourth-order valence-corrected chi connectivity index (χ4v) is 4.16. The number of amides is 2. The molecule has 27 heavy (non-hydrogen) atoms. The Bertz CT molecular complexity index is 636. The van der Waals surface area contributed by atoms with Gasteiger partial charge in [-0.05, 0) is 57.1 Å². The second-order valence-electron chi connectivity index (χ2n) is 7.40. The lowest BCUT2D eigenvalue weighted by Gasteiger charge is -2.43. The fraction of sp³-hybridized carbons (Fsp3) is 0.700. The van der Waals surface area contributed by atoms with E-state index in [0.29, 0.717) is 31.4 Å². The molecule has 1 aromatic heterocycles. The van der Waals surface area contributed by atoms with Gasteiger partial charge in [-0.1, -0.05) is 0 Å². The van der Waals surface area contributed by atoms with Crippen molar-refractivity contribution in [3.63, 3.8) is 0 Å². The molecule has 2 fully saturated rings. The van der Waals surface area contributed by atoms with Crippen molar-refractivity contribution in [3.8, 4) is 0 Å². The second kappa shape index (κ2) is 9.26. The summed E-state index contributed by atoms with van der Waals surface area (Å²) >= 11 is 0. The molecule has 0 saturated carbocycles. The first-order valence-electron chi connectivity index (χ1n) is 9.88. The number of hydrogen-bond acceptors (Lipinski definition) is 5. The highest BCUT2D eigenvalue weighted by Crippen LogP contribution is 2.32. The number of rotatable bonds is 5. The van der Waals surface area contributed by atoms with E-state index in [-0.39, 0.29) is 24.6 Å². The number of hydrogen-bond donors (Lipinski definition) is 0. The topological polar surface area (TPSA) is 72.2 Å². The Morgan fingerprint density at radius 1 is 1.11 bits per heavy atom. The average Bonchev–Trinajstić information content (AvgIpc) is 3.14. The van der Waals surface area contributed by atoms with Crippen LogP contribution in [-0.4, -0.2) is 67.8 Å². The van der Waals surface area contributed by atoms with E-state index in [1.807, 2.05) is 17.9 Å². The summed E-state index contributed by atoms with van der Waals surface area (Å²) in [6, 6.07) is 3.82. The lowest BCUT2D eigenvalue weighted by atomic mass is 9.83. The van der Waals surface area contributed by atoms with Crippen LogP contribution in [0, 0.1) is 12.8 Å². The molecule has 7 heteroatoms. The molecule has 3 heterocycles. The monoisotopic (exact) mass is 378 g/mol.